The molecule has 0 aliphatic rings. The Labute approximate surface area is 107 Å². The zero-order chi connectivity index (χ0) is 13.4. The van der Waals surface area contributed by atoms with Crippen LogP contribution in [0.25, 0.3) is 0 Å². The van der Waals surface area contributed by atoms with Crippen molar-refractivity contribution in [1.82, 2.24) is 4.98 Å². The van der Waals surface area contributed by atoms with Gasteiger partial charge < -0.3 is 9.64 Å². The van der Waals surface area contributed by atoms with Gasteiger partial charge >= 0.3 is 0 Å². The molecule has 0 atom stereocenters. The second kappa shape index (κ2) is 7.41. The van der Waals surface area contributed by atoms with Crippen LogP contribution in [0.5, 0.6) is 0 Å². The molecular formula is C13H17N3O2. The lowest BCUT2D eigenvalue weighted by Crippen LogP contribution is -2.30. The molecule has 0 radical (unpaired) electrons. The molecule has 0 saturated carbocycles. The first-order chi connectivity index (χ1) is 8.70. The molecule has 1 aromatic rings. The average molecular weight is 247 g/mol. The minimum absolute atomic E-state index is 0.0301. The molecule has 1 aromatic heterocycles. The quantitative estimate of drug-likeness (QED) is 0.685. The number of Topliss-reactive ketones (excluding diaryl/α,β-unsaturated/α-hetero) is 1. The Kier molecular flexibility index (Phi) is 5.81. The number of hydrogen-bond acceptors (Lipinski definition) is 5. The minimum atomic E-state index is -0.0301. The fraction of sp³-hybridized carbons (Fsp3) is 0.462. The van der Waals surface area contributed by atoms with Crippen molar-refractivity contribution in [3.05, 3.63) is 23.9 Å². The summed E-state index contributed by atoms with van der Waals surface area (Å²) in [6, 6.07) is 5.58. The number of ether oxygens (including phenoxy) is 1. The molecule has 0 aliphatic heterocycles. The molecule has 1 rings (SSSR count). The Morgan fingerprint density at radius 3 is 2.94 bits per heavy atom. The fourth-order valence-electron chi connectivity index (χ4n) is 1.63. The topological polar surface area (TPSA) is 66.2 Å². The molecule has 0 aromatic carbocycles. The van der Waals surface area contributed by atoms with Crippen LogP contribution in [-0.2, 0) is 4.74 Å². The number of rotatable bonds is 7. The van der Waals surface area contributed by atoms with Crippen LogP contribution in [-0.4, -0.2) is 37.6 Å². The van der Waals surface area contributed by atoms with Crippen LogP contribution >= 0.6 is 0 Å². The first-order valence-corrected chi connectivity index (χ1v) is 5.77. The number of pyridine rings is 1. The Morgan fingerprint density at radius 2 is 2.33 bits per heavy atom. The molecule has 0 aliphatic carbocycles. The number of nitriles is 1. The van der Waals surface area contributed by atoms with E-state index in [2.05, 4.69) is 11.1 Å². The lowest BCUT2D eigenvalue weighted by atomic mass is 10.1. The summed E-state index contributed by atoms with van der Waals surface area (Å²) < 4.78 is 5.04. The smallest absolute Gasteiger partial charge is 0.163 e. The predicted octanol–water partition coefficient (Wildman–Crippen LogP) is 1.65. The van der Waals surface area contributed by atoms with E-state index in [1.54, 1.807) is 25.4 Å². The van der Waals surface area contributed by atoms with Crippen molar-refractivity contribution in [2.45, 2.75) is 13.3 Å². The van der Waals surface area contributed by atoms with Gasteiger partial charge in [0.1, 0.15) is 5.82 Å². The van der Waals surface area contributed by atoms with Gasteiger partial charge in [-0.05, 0) is 19.1 Å². The monoisotopic (exact) mass is 247 g/mol. The number of ketones is 1. The van der Waals surface area contributed by atoms with Crippen molar-refractivity contribution < 1.29 is 9.53 Å². The maximum atomic E-state index is 11.6. The molecule has 0 unspecified atom stereocenters. The van der Waals surface area contributed by atoms with E-state index in [9.17, 15) is 4.79 Å². The highest BCUT2D eigenvalue weighted by atomic mass is 16.5. The van der Waals surface area contributed by atoms with E-state index in [0.717, 1.165) is 0 Å². The van der Waals surface area contributed by atoms with Crippen molar-refractivity contribution in [1.29, 1.82) is 5.26 Å². The number of carbonyl (C=O) groups is 1. The Balaban J connectivity index is 2.96. The molecule has 0 saturated heterocycles. The first-order valence-electron chi connectivity index (χ1n) is 5.77. The number of anilines is 1. The van der Waals surface area contributed by atoms with Crippen LogP contribution in [0.15, 0.2) is 18.3 Å². The summed E-state index contributed by atoms with van der Waals surface area (Å²) in [4.78, 5) is 17.7. The van der Waals surface area contributed by atoms with Gasteiger partial charge in [0.15, 0.2) is 5.78 Å². The van der Waals surface area contributed by atoms with Crippen molar-refractivity contribution in [3.63, 3.8) is 0 Å². The summed E-state index contributed by atoms with van der Waals surface area (Å²) in [7, 11) is 1.62. The Bertz CT molecular complexity index is 440. The number of aromatic nitrogens is 1. The molecule has 18 heavy (non-hydrogen) atoms. The van der Waals surface area contributed by atoms with Gasteiger partial charge in [0.05, 0.1) is 24.7 Å². The van der Waals surface area contributed by atoms with Crippen molar-refractivity contribution >= 4 is 11.6 Å². The van der Waals surface area contributed by atoms with Crippen molar-refractivity contribution in [2.75, 3.05) is 31.7 Å². The van der Waals surface area contributed by atoms with Crippen LogP contribution in [0.1, 0.15) is 23.7 Å². The lowest BCUT2D eigenvalue weighted by molar-refractivity contribution is 0.101. The SMILES string of the molecule is COCCN(CCC#N)c1ncccc1C(C)=O. The van der Waals surface area contributed by atoms with Crippen molar-refractivity contribution in [3.8, 4) is 6.07 Å². The van der Waals surface area contributed by atoms with Gasteiger partial charge in [-0.15, -0.1) is 0 Å². The molecule has 5 heteroatoms. The molecule has 0 spiro atoms. The van der Waals surface area contributed by atoms with Gasteiger partial charge in [-0.3, -0.25) is 4.79 Å². The summed E-state index contributed by atoms with van der Waals surface area (Å²) in [5.74, 6) is 0.592. The Morgan fingerprint density at radius 1 is 1.56 bits per heavy atom. The van der Waals surface area contributed by atoms with Gasteiger partial charge in [0, 0.05) is 26.4 Å². The predicted molar refractivity (Wildman–Crippen MR) is 68.6 cm³/mol. The minimum Gasteiger partial charge on any atom is -0.383 e. The number of methoxy groups -OCH3 is 1. The van der Waals surface area contributed by atoms with Crippen molar-refractivity contribution in [2.24, 2.45) is 0 Å². The molecule has 5 nitrogen and oxygen atoms in total. The number of hydrogen-bond donors (Lipinski definition) is 0. The molecule has 0 N–H and O–H groups in total. The van der Waals surface area contributed by atoms with Crippen LogP contribution in [0.3, 0.4) is 0 Å². The van der Waals surface area contributed by atoms with Gasteiger partial charge in [-0.2, -0.15) is 5.26 Å². The highest BCUT2D eigenvalue weighted by Gasteiger charge is 2.14. The third-order valence-electron chi connectivity index (χ3n) is 2.52. The van der Waals surface area contributed by atoms with E-state index >= 15 is 0 Å². The van der Waals surface area contributed by atoms with Gasteiger partial charge in [-0.1, -0.05) is 0 Å². The summed E-state index contributed by atoms with van der Waals surface area (Å²) in [5.41, 5.74) is 0.576. The van der Waals surface area contributed by atoms with E-state index in [1.165, 1.54) is 6.92 Å². The van der Waals surface area contributed by atoms with E-state index in [1.807, 2.05) is 4.90 Å². The maximum absolute atomic E-state index is 11.6. The highest BCUT2D eigenvalue weighted by Crippen LogP contribution is 2.17. The van der Waals surface area contributed by atoms with Crippen LogP contribution in [0.2, 0.25) is 0 Å². The number of nitrogens with zero attached hydrogens (tertiary/aromatic N) is 3. The van der Waals surface area contributed by atoms with Crippen LogP contribution in [0.4, 0.5) is 5.82 Å². The van der Waals surface area contributed by atoms with E-state index < -0.39 is 0 Å². The van der Waals surface area contributed by atoms with E-state index in [4.69, 9.17) is 10.00 Å². The summed E-state index contributed by atoms with van der Waals surface area (Å²) >= 11 is 0. The van der Waals surface area contributed by atoms with Gasteiger partial charge in [-0.25, -0.2) is 4.98 Å². The van der Waals surface area contributed by atoms with Crippen LogP contribution < -0.4 is 4.90 Å². The fourth-order valence-corrected chi connectivity index (χ4v) is 1.63. The normalized spacial score (nSPS) is 9.83. The maximum Gasteiger partial charge on any atom is 0.163 e. The summed E-state index contributed by atoms with van der Waals surface area (Å²) in [6.07, 6.45) is 2.03. The molecule has 0 amide bonds. The zero-order valence-electron chi connectivity index (χ0n) is 10.7. The standard InChI is InChI=1S/C13H17N3O2/c1-11(17)12-5-3-7-15-13(12)16(8-4-6-14)9-10-18-2/h3,5,7H,4,8-10H2,1-2H3. The number of carbonyl (C=O) groups excluding carboxylic acids is 1. The average Bonchev–Trinajstić information content (AvgIpc) is 2.39. The molecule has 96 valence electrons. The summed E-state index contributed by atoms with van der Waals surface area (Å²) in [5, 5.41) is 8.67. The highest BCUT2D eigenvalue weighted by molar-refractivity contribution is 5.98. The third kappa shape index (κ3) is 3.82. The summed E-state index contributed by atoms with van der Waals surface area (Å²) in [6.45, 7) is 3.19. The zero-order valence-corrected chi connectivity index (χ0v) is 10.7. The Hall–Kier alpha value is -1.93. The largest absolute Gasteiger partial charge is 0.383 e. The van der Waals surface area contributed by atoms with Gasteiger partial charge in [0.2, 0.25) is 0 Å². The van der Waals surface area contributed by atoms with Gasteiger partial charge in [0.25, 0.3) is 0 Å². The molecule has 0 fully saturated rings. The lowest BCUT2D eigenvalue weighted by Gasteiger charge is -2.23. The molecule has 0 bridgehead atoms. The third-order valence-corrected chi connectivity index (χ3v) is 2.52. The molecular weight excluding hydrogens is 230 g/mol. The second-order valence-electron chi connectivity index (χ2n) is 3.82. The molecule has 1 heterocycles. The van der Waals surface area contributed by atoms with Crippen LogP contribution in [0, 0.1) is 11.3 Å². The van der Waals surface area contributed by atoms with E-state index in [0.29, 0.717) is 37.5 Å². The second-order valence-corrected chi connectivity index (χ2v) is 3.82. The van der Waals surface area contributed by atoms with E-state index in [-0.39, 0.29) is 5.78 Å². The first kappa shape index (κ1) is 14.1.